The summed E-state index contributed by atoms with van der Waals surface area (Å²) in [5.41, 5.74) is 1.77. The molecular weight excluding hydrogens is 374 g/mol. The van der Waals surface area contributed by atoms with Crippen molar-refractivity contribution in [1.29, 1.82) is 5.26 Å². The van der Waals surface area contributed by atoms with Crippen molar-refractivity contribution in [2.24, 2.45) is 0 Å². The molecule has 0 aliphatic heterocycles. The summed E-state index contributed by atoms with van der Waals surface area (Å²) >= 11 is 0. The molecule has 6 heteroatoms. The summed E-state index contributed by atoms with van der Waals surface area (Å²) in [6, 6.07) is 11.9. The molecule has 0 amide bonds. The number of rotatable bonds is 0. The van der Waals surface area contributed by atoms with E-state index < -0.39 is 23.0 Å². The third kappa shape index (κ3) is 2.15. The average Bonchev–Trinajstić information content (AvgIpc) is 3.19. The molecule has 0 radical (unpaired) electrons. The molecule has 1 heterocycles. The fourth-order valence-electron chi connectivity index (χ4n) is 4.08. The van der Waals surface area contributed by atoms with Gasteiger partial charge in [0, 0.05) is 40.1 Å². The lowest BCUT2D eigenvalue weighted by molar-refractivity contribution is 0.104. The molecule has 0 unspecified atom stereocenters. The van der Waals surface area contributed by atoms with Gasteiger partial charge in [0.15, 0.2) is 5.78 Å². The molecule has 0 saturated carbocycles. The van der Waals surface area contributed by atoms with Crippen LogP contribution in [0.3, 0.4) is 0 Å². The van der Waals surface area contributed by atoms with Gasteiger partial charge in [0.05, 0.1) is 22.9 Å². The first-order valence-electron chi connectivity index (χ1n) is 8.70. The second kappa shape index (κ2) is 5.94. The van der Waals surface area contributed by atoms with E-state index in [0.29, 0.717) is 28.0 Å². The fraction of sp³-hybridized carbons (Fsp3) is 0. The minimum absolute atomic E-state index is 0.0177. The second-order valence-corrected chi connectivity index (χ2v) is 6.64. The largest absolute Gasteiger partial charge is 0.507 e. The number of carbonyl (C=O) groups excluding carboxylic acids is 1. The number of nitrogens with zero attached hydrogens (tertiary/aromatic N) is 2. The van der Waals surface area contributed by atoms with Gasteiger partial charge in [-0.2, -0.15) is 5.26 Å². The van der Waals surface area contributed by atoms with Crippen LogP contribution < -0.4 is 0 Å². The van der Waals surface area contributed by atoms with E-state index in [1.807, 2.05) is 6.07 Å². The van der Waals surface area contributed by atoms with Crippen LogP contribution in [-0.2, 0) is 0 Å². The van der Waals surface area contributed by atoms with Crippen molar-refractivity contribution in [3.8, 4) is 23.1 Å². The third-order valence-electron chi connectivity index (χ3n) is 5.18. The Morgan fingerprint density at radius 3 is 2.41 bits per heavy atom. The maximum absolute atomic E-state index is 14.6. The number of fused-ring (bicyclic) bond motifs is 4. The van der Waals surface area contributed by atoms with Gasteiger partial charge in [-0.3, -0.25) is 9.78 Å². The molecular formula is C23H10F2N2O2. The summed E-state index contributed by atoms with van der Waals surface area (Å²) in [7, 11) is 0. The number of phenols is 1. The minimum atomic E-state index is -0.855. The molecule has 3 aromatic rings. The number of allylic oxidation sites excluding steroid dienone is 3. The van der Waals surface area contributed by atoms with E-state index in [2.05, 4.69) is 4.98 Å². The van der Waals surface area contributed by atoms with Crippen molar-refractivity contribution < 1.29 is 18.7 Å². The number of Topliss-reactive ketones (excluding diaryl/α,β-unsaturated/α-hetero) is 1. The number of halogens is 2. The number of hydrogen-bond acceptors (Lipinski definition) is 4. The zero-order chi connectivity index (χ0) is 20.3. The van der Waals surface area contributed by atoms with Crippen molar-refractivity contribution in [2.75, 3.05) is 0 Å². The van der Waals surface area contributed by atoms with Gasteiger partial charge in [0.2, 0.25) is 0 Å². The monoisotopic (exact) mass is 384 g/mol. The fourth-order valence-corrected chi connectivity index (χ4v) is 4.08. The van der Waals surface area contributed by atoms with Crippen molar-refractivity contribution in [3.63, 3.8) is 0 Å². The molecule has 5 rings (SSSR count). The molecule has 4 nitrogen and oxygen atoms in total. The standard InChI is InChI=1S/C23H10F2N2O2/c24-14-6-7-15(25)21-18(14)12(8-9-26)20(23(21)29)17-11-3-1-5-16(28)19(11)22-13(17)4-2-10-27-22/h1-8,10,28H/b12-8+,20-17-. The number of ketones is 1. The van der Waals surface area contributed by atoms with Gasteiger partial charge < -0.3 is 5.11 Å². The van der Waals surface area contributed by atoms with Crippen molar-refractivity contribution in [3.05, 3.63) is 94.2 Å². The van der Waals surface area contributed by atoms with Crippen LogP contribution in [0.15, 0.2) is 60.3 Å². The maximum atomic E-state index is 14.6. The number of aromatic hydroxyl groups is 1. The molecule has 0 saturated heterocycles. The van der Waals surface area contributed by atoms with Gasteiger partial charge in [-0.1, -0.05) is 18.2 Å². The summed E-state index contributed by atoms with van der Waals surface area (Å²) in [4.78, 5) is 17.6. The summed E-state index contributed by atoms with van der Waals surface area (Å²) in [5, 5.41) is 19.7. The molecule has 2 aromatic carbocycles. The topological polar surface area (TPSA) is 74.0 Å². The van der Waals surface area contributed by atoms with Crippen molar-refractivity contribution in [2.45, 2.75) is 0 Å². The number of hydrogen-bond donors (Lipinski definition) is 1. The SMILES string of the molecule is N#C/C=C1/C(=C2/c3cccnc3-c3c(O)cccc32)C(=O)c2c(F)ccc(F)c21. The van der Waals surface area contributed by atoms with Crippen LogP contribution in [0.1, 0.15) is 27.0 Å². The van der Waals surface area contributed by atoms with Crippen LogP contribution in [0.2, 0.25) is 0 Å². The predicted octanol–water partition coefficient (Wildman–Crippen LogP) is 4.65. The van der Waals surface area contributed by atoms with E-state index in [4.69, 9.17) is 0 Å². The Labute approximate surface area is 163 Å². The van der Waals surface area contributed by atoms with E-state index in [9.17, 15) is 23.9 Å². The van der Waals surface area contributed by atoms with E-state index in [1.54, 1.807) is 30.5 Å². The summed E-state index contributed by atoms with van der Waals surface area (Å²) in [6.07, 6.45) is 2.60. The highest BCUT2D eigenvalue weighted by atomic mass is 19.1. The quantitative estimate of drug-likeness (QED) is 0.354. The Bertz CT molecular complexity index is 1360. The highest BCUT2D eigenvalue weighted by Crippen LogP contribution is 2.52. The van der Waals surface area contributed by atoms with Gasteiger partial charge >= 0.3 is 0 Å². The summed E-state index contributed by atoms with van der Waals surface area (Å²) in [5.74, 6) is -2.37. The van der Waals surface area contributed by atoms with E-state index in [-0.39, 0.29) is 22.5 Å². The first kappa shape index (κ1) is 17.0. The molecule has 29 heavy (non-hydrogen) atoms. The average molecular weight is 384 g/mol. The smallest absolute Gasteiger partial charge is 0.198 e. The Hall–Kier alpha value is -4.11. The molecule has 0 fully saturated rings. The Balaban J connectivity index is 1.96. The molecule has 0 spiro atoms. The van der Waals surface area contributed by atoms with E-state index in [0.717, 1.165) is 18.2 Å². The molecule has 0 atom stereocenters. The van der Waals surface area contributed by atoms with Crippen LogP contribution in [0, 0.1) is 23.0 Å². The minimum Gasteiger partial charge on any atom is -0.507 e. The molecule has 1 aromatic heterocycles. The first-order chi connectivity index (χ1) is 14.0. The van der Waals surface area contributed by atoms with Crippen molar-refractivity contribution in [1.82, 2.24) is 4.98 Å². The van der Waals surface area contributed by atoms with Crippen LogP contribution in [0.5, 0.6) is 5.75 Å². The lowest BCUT2D eigenvalue weighted by Crippen LogP contribution is -2.02. The molecule has 2 aliphatic rings. The molecule has 2 aliphatic carbocycles. The Kier molecular flexibility index (Phi) is 3.49. The van der Waals surface area contributed by atoms with Crippen LogP contribution >= 0.6 is 0 Å². The number of aromatic nitrogens is 1. The van der Waals surface area contributed by atoms with Crippen LogP contribution in [0.25, 0.3) is 22.4 Å². The van der Waals surface area contributed by atoms with Gasteiger partial charge in [-0.05, 0) is 29.8 Å². The second-order valence-electron chi connectivity index (χ2n) is 6.64. The zero-order valence-electron chi connectivity index (χ0n) is 14.7. The van der Waals surface area contributed by atoms with Gasteiger partial charge in [0.1, 0.15) is 17.4 Å². The summed E-state index contributed by atoms with van der Waals surface area (Å²) in [6.45, 7) is 0. The zero-order valence-corrected chi connectivity index (χ0v) is 14.7. The van der Waals surface area contributed by atoms with E-state index >= 15 is 0 Å². The molecule has 1 N–H and O–H groups in total. The number of pyridine rings is 1. The molecule has 138 valence electrons. The number of phenolic OH excluding ortho intramolecular Hbond substituents is 1. The first-order valence-corrected chi connectivity index (χ1v) is 8.70. The number of carbonyl (C=O) groups is 1. The Morgan fingerprint density at radius 2 is 1.66 bits per heavy atom. The maximum Gasteiger partial charge on any atom is 0.198 e. The third-order valence-corrected chi connectivity index (χ3v) is 5.18. The molecule has 0 bridgehead atoms. The summed E-state index contributed by atoms with van der Waals surface area (Å²) < 4.78 is 29.1. The van der Waals surface area contributed by atoms with Crippen molar-refractivity contribution >= 4 is 16.9 Å². The normalized spacial score (nSPS) is 17.8. The van der Waals surface area contributed by atoms with Crippen LogP contribution in [-0.4, -0.2) is 15.9 Å². The lowest BCUT2D eigenvalue weighted by atomic mass is 9.93. The number of benzene rings is 2. The number of nitriles is 1. The highest BCUT2D eigenvalue weighted by Gasteiger charge is 2.40. The lowest BCUT2D eigenvalue weighted by Gasteiger charge is -2.09. The van der Waals surface area contributed by atoms with Gasteiger partial charge in [-0.25, -0.2) is 8.78 Å². The Morgan fingerprint density at radius 1 is 0.931 bits per heavy atom. The highest BCUT2D eigenvalue weighted by molar-refractivity contribution is 6.32. The van der Waals surface area contributed by atoms with Gasteiger partial charge in [0.25, 0.3) is 0 Å². The van der Waals surface area contributed by atoms with Crippen LogP contribution in [0.4, 0.5) is 8.78 Å². The van der Waals surface area contributed by atoms with Gasteiger partial charge in [-0.15, -0.1) is 0 Å². The predicted molar refractivity (Wildman–Crippen MR) is 102 cm³/mol. The van der Waals surface area contributed by atoms with E-state index in [1.165, 1.54) is 6.07 Å².